The maximum atomic E-state index is 13.5. The number of halogens is 3. The van der Waals surface area contributed by atoms with Gasteiger partial charge in [0.2, 0.25) is 11.5 Å². The zero-order chi connectivity index (χ0) is 20.2. The van der Waals surface area contributed by atoms with Gasteiger partial charge in [0, 0.05) is 33.0 Å². The Morgan fingerprint density at radius 3 is 2.41 bits per heavy atom. The molecule has 0 aliphatic rings. The van der Waals surface area contributed by atoms with Crippen LogP contribution in [0.15, 0.2) is 36.7 Å². The van der Waals surface area contributed by atoms with Crippen molar-refractivity contribution >= 4 is 5.91 Å². The van der Waals surface area contributed by atoms with Crippen molar-refractivity contribution in [1.29, 1.82) is 0 Å². The van der Waals surface area contributed by atoms with Crippen LogP contribution >= 0.6 is 0 Å². The van der Waals surface area contributed by atoms with E-state index in [9.17, 15) is 23.1 Å². The third kappa shape index (κ3) is 4.60. The van der Waals surface area contributed by atoms with Crippen LogP contribution in [0.2, 0.25) is 0 Å². The number of aromatic nitrogens is 2. The molecule has 1 N–H and O–H groups in total. The van der Waals surface area contributed by atoms with Crippen LogP contribution in [0.25, 0.3) is 0 Å². The molecular weight excluding hydrogens is 363 g/mol. The summed E-state index contributed by atoms with van der Waals surface area (Å²) in [7, 11) is 2.71. The molecule has 0 radical (unpaired) electrons. The topological polar surface area (TPSA) is 67.6 Å². The Labute approximate surface area is 155 Å². The van der Waals surface area contributed by atoms with Crippen LogP contribution < -0.4 is 4.74 Å². The second kappa shape index (κ2) is 7.99. The number of hydrogen-bond donors (Lipinski definition) is 1. The van der Waals surface area contributed by atoms with Gasteiger partial charge in [-0.3, -0.25) is 4.79 Å². The van der Waals surface area contributed by atoms with Crippen LogP contribution in [0, 0.1) is 0 Å². The molecule has 0 fully saturated rings. The summed E-state index contributed by atoms with van der Waals surface area (Å²) in [6.45, 7) is 2.46. The molecule has 1 unspecified atom stereocenters. The smallest absolute Gasteiger partial charge is 0.425 e. The molecule has 1 amide bonds. The lowest BCUT2D eigenvalue weighted by Gasteiger charge is -2.31. The first kappa shape index (κ1) is 20.8. The summed E-state index contributed by atoms with van der Waals surface area (Å²) in [6, 6.07) is 6.89. The minimum absolute atomic E-state index is 0.0970. The lowest BCUT2D eigenvalue weighted by atomic mass is 9.96. The van der Waals surface area contributed by atoms with Gasteiger partial charge in [-0.1, -0.05) is 12.1 Å². The molecule has 6 nitrogen and oxygen atoms in total. The highest BCUT2D eigenvalue weighted by atomic mass is 19.4. The highest BCUT2D eigenvalue weighted by molar-refractivity contribution is 5.77. The van der Waals surface area contributed by atoms with Crippen molar-refractivity contribution in [3.63, 3.8) is 0 Å². The normalized spacial score (nSPS) is 13.9. The van der Waals surface area contributed by atoms with E-state index < -0.39 is 29.9 Å². The zero-order valence-corrected chi connectivity index (χ0v) is 15.3. The van der Waals surface area contributed by atoms with E-state index >= 15 is 0 Å². The number of rotatable bonds is 7. The van der Waals surface area contributed by atoms with Crippen LogP contribution in [0.5, 0.6) is 5.75 Å². The SMILES string of the molecule is CCOc1ccc(CN(C)C(=O)CC(O)(c2nccn2C)C(F)(F)F)cc1. The van der Waals surface area contributed by atoms with E-state index in [1.807, 2.05) is 6.92 Å². The molecule has 27 heavy (non-hydrogen) atoms. The number of aryl methyl sites for hydroxylation is 1. The summed E-state index contributed by atoms with van der Waals surface area (Å²) in [5.74, 6) is -0.819. The maximum Gasteiger partial charge on any atom is 0.425 e. The molecule has 1 aromatic carbocycles. The van der Waals surface area contributed by atoms with E-state index in [-0.39, 0.29) is 6.54 Å². The number of carbonyl (C=O) groups excluding carboxylic acids is 1. The Morgan fingerprint density at radius 1 is 1.30 bits per heavy atom. The van der Waals surface area contributed by atoms with Gasteiger partial charge in [-0.2, -0.15) is 13.2 Å². The third-order valence-electron chi connectivity index (χ3n) is 4.15. The van der Waals surface area contributed by atoms with E-state index in [0.717, 1.165) is 21.2 Å². The van der Waals surface area contributed by atoms with Crippen molar-refractivity contribution < 1.29 is 27.8 Å². The molecule has 1 heterocycles. The van der Waals surface area contributed by atoms with E-state index in [1.165, 1.54) is 20.3 Å². The van der Waals surface area contributed by atoms with E-state index in [2.05, 4.69) is 4.98 Å². The molecule has 0 bridgehead atoms. The van der Waals surface area contributed by atoms with Crippen LogP contribution in [-0.2, 0) is 24.0 Å². The fourth-order valence-electron chi connectivity index (χ4n) is 2.64. The van der Waals surface area contributed by atoms with E-state index in [1.54, 1.807) is 24.3 Å². The summed E-state index contributed by atoms with van der Waals surface area (Å²) >= 11 is 0. The summed E-state index contributed by atoms with van der Waals surface area (Å²) in [4.78, 5) is 17.1. The quantitative estimate of drug-likeness (QED) is 0.796. The average Bonchev–Trinajstić information content (AvgIpc) is 3.02. The predicted molar refractivity (Wildman–Crippen MR) is 91.9 cm³/mol. The van der Waals surface area contributed by atoms with Crippen LogP contribution in [0.1, 0.15) is 24.7 Å². The Morgan fingerprint density at radius 2 is 1.93 bits per heavy atom. The van der Waals surface area contributed by atoms with E-state index in [4.69, 9.17) is 4.74 Å². The molecule has 2 rings (SSSR count). The maximum absolute atomic E-state index is 13.5. The molecule has 1 atom stereocenters. The summed E-state index contributed by atoms with van der Waals surface area (Å²) in [6.07, 6.45) is -3.79. The number of amides is 1. The fraction of sp³-hybridized carbons (Fsp3) is 0.444. The third-order valence-corrected chi connectivity index (χ3v) is 4.15. The highest BCUT2D eigenvalue weighted by Gasteiger charge is 2.58. The van der Waals surface area contributed by atoms with Crippen molar-refractivity contribution in [3.05, 3.63) is 48.0 Å². The first-order chi connectivity index (χ1) is 12.6. The van der Waals surface area contributed by atoms with Crippen molar-refractivity contribution in [2.75, 3.05) is 13.7 Å². The Hall–Kier alpha value is -2.55. The average molecular weight is 385 g/mol. The molecule has 0 saturated heterocycles. The largest absolute Gasteiger partial charge is 0.494 e. The van der Waals surface area contributed by atoms with Gasteiger partial charge < -0.3 is 19.3 Å². The number of benzene rings is 1. The molecule has 0 saturated carbocycles. The predicted octanol–water partition coefficient (Wildman–Crippen LogP) is 2.62. The van der Waals surface area contributed by atoms with Gasteiger partial charge in [0.05, 0.1) is 13.0 Å². The number of carbonyl (C=O) groups is 1. The van der Waals surface area contributed by atoms with Crippen LogP contribution in [0.4, 0.5) is 13.2 Å². The van der Waals surface area contributed by atoms with Crippen molar-refractivity contribution in [2.24, 2.45) is 7.05 Å². The van der Waals surface area contributed by atoms with Crippen LogP contribution in [-0.4, -0.2) is 45.3 Å². The lowest BCUT2D eigenvalue weighted by molar-refractivity contribution is -0.271. The number of alkyl halides is 3. The number of ether oxygens (including phenoxy) is 1. The lowest BCUT2D eigenvalue weighted by Crippen LogP contribution is -2.48. The van der Waals surface area contributed by atoms with Gasteiger partial charge >= 0.3 is 6.18 Å². The standard InChI is InChI=1S/C18H22F3N3O3/c1-4-27-14-7-5-13(6-8-14)12-24(3)15(25)11-17(26,18(19,20)21)16-22-9-10-23(16)2/h5-10,26H,4,11-12H2,1-3H3. The molecule has 1 aromatic heterocycles. The second-order valence-electron chi connectivity index (χ2n) is 6.22. The van der Waals surface area contributed by atoms with Crippen molar-refractivity contribution in [1.82, 2.24) is 14.5 Å². The molecular formula is C18H22F3N3O3. The Bertz CT molecular complexity index is 774. The summed E-state index contributed by atoms with van der Waals surface area (Å²) in [5, 5.41) is 10.3. The van der Waals surface area contributed by atoms with Crippen molar-refractivity contribution in [2.45, 2.75) is 31.7 Å². The number of imidazole rings is 1. The van der Waals surface area contributed by atoms with E-state index in [0.29, 0.717) is 12.4 Å². The van der Waals surface area contributed by atoms with Gasteiger partial charge in [-0.05, 0) is 24.6 Å². The fourth-order valence-corrected chi connectivity index (χ4v) is 2.64. The van der Waals surface area contributed by atoms with Gasteiger partial charge in [0.15, 0.2) is 5.82 Å². The minimum atomic E-state index is -5.05. The zero-order valence-electron chi connectivity index (χ0n) is 15.3. The van der Waals surface area contributed by atoms with Gasteiger partial charge in [0.25, 0.3) is 0 Å². The Kier molecular flexibility index (Phi) is 6.15. The number of aliphatic hydroxyl groups is 1. The highest BCUT2D eigenvalue weighted by Crippen LogP contribution is 2.41. The Balaban J connectivity index is 2.14. The number of hydrogen-bond acceptors (Lipinski definition) is 4. The van der Waals surface area contributed by atoms with Gasteiger partial charge in [-0.25, -0.2) is 4.98 Å². The summed E-state index contributed by atoms with van der Waals surface area (Å²) in [5.41, 5.74) is -2.64. The van der Waals surface area contributed by atoms with Crippen LogP contribution in [0.3, 0.4) is 0 Å². The van der Waals surface area contributed by atoms with Crippen molar-refractivity contribution in [3.8, 4) is 5.75 Å². The number of nitrogens with zero attached hydrogens (tertiary/aromatic N) is 3. The molecule has 0 aliphatic heterocycles. The monoisotopic (exact) mass is 385 g/mol. The minimum Gasteiger partial charge on any atom is -0.494 e. The molecule has 0 aliphatic carbocycles. The molecule has 0 spiro atoms. The first-order valence-electron chi connectivity index (χ1n) is 8.31. The molecule has 2 aromatic rings. The van der Waals surface area contributed by atoms with Gasteiger partial charge in [-0.15, -0.1) is 0 Å². The molecule has 148 valence electrons. The second-order valence-corrected chi connectivity index (χ2v) is 6.22. The first-order valence-corrected chi connectivity index (χ1v) is 8.31. The van der Waals surface area contributed by atoms with Gasteiger partial charge in [0.1, 0.15) is 5.75 Å². The molecule has 9 heteroatoms. The summed E-state index contributed by atoms with van der Waals surface area (Å²) < 4.78 is 47.0.